The van der Waals surface area contributed by atoms with E-state index in [2.05, 4.69) is 10.6 Å². The van der Waals surface area contributed by atoms with Crippen LogP contribution in [0.4, 0.5) is 21.9 Å². The summed E-state index contributed by atoms with van der Waals surface area (Å²) in [4.78, 5) is 14.4. The Morgan fingerprint density at radius 1 is 0.964 bits per heavy atom. The average Bonchev–Trinajstić information content (AvgIpc) is 2.64. The van der Waals surface area contributed by atoms with Crippen molar-refractivity contribution < 1.29 is 13.2 Å². The number of aryl methyl sites for hydroxylation is 1. The lowest BCUT2D eigenvalue weighted by Gasteiger charge is -2.22. The molecule has 0 saturated heterocycles. The lowest BCUT2D eigenvalue weighted by Crippen LogP contribution is -2.31. The molecule has 8 heteroatoms. The van der Waals surface area contributed by atoms with E-state index in [0.717, 1.165) is 5.56 Å². The summed E-state index contributed by atoms with van der Waals surface area (Å²) in [5.74, 6) is 0. The second-order valence-electron chi connectivity index (χ2n) is 6.61. The number of rotatable bonds is 7. The molecule has 0 aliphatic heterocycles. The highest BCUT2D eigenvalue weighted by Crippen LogP contribution is 2.29. The topological polar surface area (TPSA) is 81.8 Å². The summed E-state index contributed by atoms with van der Waals surface area (Å²) in [5.41, 5.74) is 2.87. The molecule has 2 aromatic rings. The molecule has 2 amide bonds. The molecule has 7 nitrogen and oxygen atoms in total. The Labute approximate surface area is 167 Å². The molecule has 0 saturated carbocycles. The van der Waals surface area contributed by atoms with Crippen LogP contribution in [0.15, 0.2) is 47.4 Å². The zero-order valence-corrected chi connectivity index (χ0v) is 17.8. The van der Waals surface area contributed by atoms with Gasteiger partial charge in [-0.2, -0.15) is 4.31 Å². The van der Waals surface area contributed by atoms with Crippen LogP contribution in [-0.4, -0.2) is 45.9 Å². The third kappa shape index (κ3) is 5.02. The number of nitrogens with zero attached hydrogens (tertiary/aromatic N) is 2. The van der Waals surface area contributed by atoms with Crippen molar-refractivity contribution >= 4 is 33.1 Å². The van der Waals surface area contributed by atoms with Crippen molar-refractivity contribution in [2.24, 2.45) is 0 Å². The summed E-state index contributed by atoms with van der Waals surface area (Å²) in [5, 5.41) is 5.53. The van der Waals surface area contributed by atoms with Gasteiger partial charge in [0.2, 0.25) is 10.0 Å². The summed E-state index contributed by atoms with van der Waals surface area (Å²) >= 11 is 0. The fourth-order valence-electron chi connectivity index (χ4n) is 2.80. The van der Waals surface area contributed by atoms with Crippen LogP contribution in [0.2, 0.25) is 0 Å². The summed E-state index contributed by atoms with van der Waals surface area (Å²) < 4.78 is 27.0. The van der Waals surface area contributed by atoms with Crippen LogP contribution in [-0.2, 0) is 10.0 Å². The number of hydrogen-bond donors (Lipinski definition) is 2. The molecule has 28 heavy (non-hydrogen) atoms. The monoisotopic (exact) mass is 404 g/mol. The minimum Gasteiger partial charge on any atom is -0.376 e. The minimum absolute atomic E-state index is 0.146. The van der Waals surface area contributed by atoms with Gasteiger partial charge in [-0.15, -0.1) is 0 Å². The molecule has 2 aromatic carbocycles. The molecule has 0 radical (unpaired) electrons. The molecular formula is C20H28N4O3S. The summed E-state index contributed by atoms with van der Waals surface area (Å²) in [6.45, 7) is 6.32. The number of sulfonamides is 1. The van der Waals surface area contributed by atoms with E-state index in [0.29, 0.717) is 30.2 Å². The summed E-state index contributed by atoms with van der Waals surface area (Å²) in [7, 11) is 0.0381. The molecule has 0 heterocycles. The van der Waals surface area contributed by atoms with Gasteiger partial charge in [-0.1, -0.05) is 31.5 Å². The Morgan fingerprint density at radius 2 is 1.57 bits per heavy atom. The van der Waals surface area contributed by atoms with Gasteiger partial charge in [-0.25, -0.2) is 13.2 Å². The van der Waals surface area contributed by atoms with Gasteiger partial charge in [0.1, 0.15) is 0 Å². The van der Waals surface area contributed by atoms with Gasteiger partial charge in [0.15, 0.2) is 0 Å². The Bertz CT molecular complexity index is 921. The second kappa shape index (κ2) is 9.07. The van der Waals surface area contributed by atoms with Crippen LogP contribution in [0.1, 0.15) is 19.4 Å². The van der Waals surface area contributed by atoms with E-state index >= 15 is 0 Å². The third-order valence-corrected chi connectivity index (χ3v) is 6.40. The third-order valence-electron chi connectivity index (χ3n) is 4.35. The van der Waals surface area contributed by atoms with Crippen LogP contribution in [0.25, 0.3) is 0 Å². The van der Waals surface area contributed by atoms with Crippen molar-refractivity contribution in [2.45, 2.75) is 25.7 Å². The van der Waals surface area contributed by atoms with Crippen molar-refractivity contribution in [2.75, 3.05) is 42.7 Å². The maximum atomic E-state index is 12.8. The molecule has 2 rings (SSSR count). The highest BCUT2D eigenvalue weighted by atomic mass is 32.2. The van der Waals surface area contributed by atoms with Gasteiger partial charge >= 0.3 is 6.03 Å². The molecule has 0 bridgehead atoms. The van der Waals surface area contributed by atoms with E-state index in [1.807, 2.05) is 50.2 Å². The summed E-state index contributed by atoms with van der Waals surface area (Å²) in [6, 6.07) is 11.7. The first kappa shape index (κ1) is 21.7. The van der Waals surface area contributed by atoms with Crippen LogP contribution >= 0.6 is 0 Å². The smallest absolute Gasteiger partial charge is 0.323 e. The number of benzene rings is 2. The predicted molar refractivity (Wildman–Crippen MR) is 115 cm³/mol. The van der Waals surface area contributed by atoms with Crippen molar-refractivity contribution in [3.8, 4) is 0 Å². The van der Waals surface area contributed by atoms with Crippen LogP contribution < -0.4 is 15.5 Å². The van der Waals surface area contributed by atoms with E-state index in [4.69, 9.17) is 0 Å². The Balaban J connectivity index is 2.33. The fourth-order valence-corrected chi connectivity index (χ4v) is 4.28. The van der Waals surface area contributed by atoms with Gasteiger partial charge in [0.25, 0.3) is 0 Å². The fraction of sp³-hybridized carbons (Fsp3) is 0.350. The van der Waals surface area contributed by atoms with E-state index in [-0.39, 0.29) is 4.90 Å². The first-order valence-electron chi connectivity index (χ1n) is 9.15. The van der Waals surface area contributed by atoms with Crippen LogP contribution in [0.5, 0.6) is 0 Å². The number of amides is 2. The van der Waals surface area contributed by atoms with Crippen molar-refractivity contribution in [1.82, 2.24) is 4.31 Å². The predicted octanol–water partition coefficient (Wildman–Crippen LogP) is 3.74. The van der Waals surface area contributed by atoms with Gasteiger partial charge in [-0.3, -0.25) is 0 Å². The molecule has 0 aromatic heterocycles. The van der Waals surface area contributed by atoms with E-state index in [1.165, 1.54) is 10.4 Å². The number of anilines is 3. The lowest BCUT2D eigenvalue weighted by molar-refractivity contribution is 0.262. The molecule has 0 unspecified atom stereocenters. The van der Waals surface area contributed by atoms with E-state index in [9.17, 15) is 13.2 Å². The standard InChI is InChI=1S/C20H28N4O3S/c1-6-24(7-2)28(26,27)17-12-13-19(23(4)5)18(14-17)22-20(25)21-16-10-8-15(3)9-11-16/h8-14H,6-7H2,1-5H3,(H2,21,22,25). The summed E-state index contributed by atoms with van der Waals surface area (Å²) in [6.07, 6.45) is 0. The molecular weight excluding hydrogens is 376 g/mol. The maximum Gasteiger partial charge on any atom is 0.323 e. The highest BCUT2D eigenvalue weighted by Gasteiger charge is 2.23. The van der Waals surface area contributed by atoms with Crippen LogP contribution in [0.3, 0.4) is 0 Å². The highest BCUT2D eigenvalue weighted by molar-refractivity contribution is 7.89. The molecule has 0 spiro atoms. The van der Waals surface area contributed by atoms with Crippen molar-refractivity contribution in [3.63, 3.8) is 0 Å². The van der Waals surface area contributed by atoms with E-state index in [1.54, 1.807) is 26.0 Å². The SMILES string of the molecule is CCN(CC)S(=O)(=O)c1ccc(N(C)C)c(NC(=O)Nc2ccc(C)cc2)c1. The molecule has 0 fully saturated rings. The van der Waals surface area contributed by atoms with Crippen molar-refractivity contribution in [3.05, 3.63) is 48.0 Å². The molecule has 0 atom stereocenters. The average molecular weight is 405 g/mol. The van der Waals surface area contributed by atoms with Gasteiger partial charge in [0, 0.05) is 32.9 Å². The van der Waals surface area contributed by atoms with Gasteiger partial charge in [-0.05, 0) is 37.3 Å². The number of carbonyl (C=O) groups excluding carboxylic acids is 1. The minimum atomic E-state index is -3.62. The zero-order valence-electron chi connectivity index (χ0n) is 17.0. The number of urea groups is 1. The Kier molecular flexibility index (Phi) is 7.04. The molecule has 0 aliphatic carbocycles. The molecule has 152 valence electrons. The molecule has 0 aliphatic rings. The normalized spacial score (nSPS) is 11.4. The number of nitrogens with one attached hydrogen (secondary N) is 2. The van der Waals surface area contributed by atoms with Crippen molar-refractivity contribution in [1.29, 1.82) is 0 Å². The van der Waals surface area contributed by atoms with E-state index < -0.39 is 16.1 Å². The quantitative estimate of drug-likeness (QED) is 0.737. The first-order valence-corrected chi connectivity index (χ1v) is 10.6. The van der Waals surface area contributed by atoms with Gasteiger partial charge < -0.3 is 15.5 Å². The largest absolute Gasteiger partial charge is 0.376 e. The number of carbonyl (C=O) groups is 1. The van der Waals surface area contributed by atoms with Gasteiger partial charge in [0.05, 0.1) is 16.3 Å². The number of hydrogen-bond acceptors (Lipinski definition) is 4. The lowest BCUT2D eigenvalue weighted by atomic mass is 10.2. The maximum absolute atomic E-state index is 12.8. The Hall–Kier alpha value is -2.58. The Morgan fingerprint density at radius 3 is 2.11 bits per heavy atom. The molecule has 2 N–H and O–H groups in total. The second-order valence-corrected chi connectivity index (χ2v) is 8.55. The zero-order chi connectivity index (χ0) is 20.9. The van der Waals surface area contributed by atoms with Crippen LogP contribution in [0, 0.1) is 6.92 Å². The first-order chi connectivity index (χ1) is 13.2.